The molecule has 0 saturated carbocycles. The first kappa shape index (κ1) is 23.3. The molecule has 0 saturated heterocycles. The lowest BCUT2D eigenvalue weighted by molar-refractivity contribution is 0.415. The summed E-state index contributed by atoms with van der Waals surface area (Å²) in [6.45, 7) is 0. The van der Waals surface area contributed by atoms with E-state index >= 15 is 0 Å². The predicted molar refractivity (Wildman–Crippen MR) is 152 cm³/mol. The molecule has 0 spiro atoms. The summed E-state index contributed by atoms with van der Waals surface area (Å²) in [5, 5.41) is 16.3. The zero-order chi connectivity index (χ0) is 25.2. The van der Waals surface area contributed by atoms with Gasteiger partial charge >= 0.3 is 0 Å². The number of pyridine rings is 1. The molecule has 0 radical (unpaired) electrons. The molecule has 0 aliphatic carbocycles. The lowest BCUT2D eigenvalue weighted by Gasteiger charge is -2.12. The molecule has 0 fully saturated rings. The van der Waals surface area contributed by atoms with Crippen molar-refractivity contribution in [3.05, 3.63) is 108 Å². The van der Waals surface area contributed by atoms with E-state index < -0.39 is 0 Å². The van der Waals surface area contributed by atoms with Crippen molar-refractivity contribution in [2.45, 2.75) is 9.79 Å². The number of benzene rings is 4. The molecule has 0 amide bonds. The van der Waals surface area contributed by atoms with Crippen molar-refractivity contribution >= 4 is 56.5 Å². The zero-order valence-corrected chi connectivity index (χ0v) is 21.4. The fraction of sp³-hybridized carbons (Fsp3) is 0.0333. The molecule has 6 aromatic rings. The predicted octanol–water partition coefficient (Wildman–Crippen LogP) is 8.40. The number of nitrogens with zero attached hydrogens (tertiary/aromatic N) is 3. The van der Waals surface area contributed by atoms with Crippen LogP contribution in [0.5, 0.6) is 5.75 Å². The summed E-state index contributed by atoms with van der Waals surface area (Å²) < 4.78 is 5.33. The Labute approximate surface area is 223 Å². The van der Waals surface area contributed by atoms with Crippen LogP contribution in [0, 0.1) is 0 Å². The van der Waals surface area contributed by atoms with Gasteiger partial charge in [-0.05, 0) is 54.6 Å². The van der Waals surface area contributed by atoms with E-state index in [-0.39, 0.29) is 0 Å². The number of rotatable bonds is 6. The average Bonchev–Trinajstić information content (AvgIpc) is 2.95. The van der Waals surface area contributed by atoms with Crippen LogP contribution >= 0.6 is 23.4 Å². The number of nitrogens with one attached hydrogen (secondary N) is 1. The summed E-state index contributed by atoms with van der Waals surface area (Å²) in [6, 6.07) is 32.1. The zero-order valence-electron chi connectivity index (χ0n) is 19.9. The second kappa shape index (κ2) is 10.1. The Morgan fingerprint density at radius 1 is 0.784 bits per heavy atom. The number of hydrogen-bond donors (Lipinski definition) is 1. The molecule has 37 heavy (non-hydrogen) atoms. The number of methoxy groups -OCH3 is 1. The van der Waals surface area contributed by atoms with Crippen molar-refractivity contribution in [3.63, 3.8) is 0 Å². The van der Waals surface area contributed by atoms with Gasteiger partial charge in [0, 0.05) is 54.5 Å². The molecule has 4 aromatic carbocycles. The van der Waals surface area contributed by atoms with E-state index in [1.165, 1.54) is 0 Å². The largest absolute Gasteiger partial charge is 0.497 e. The lowest BCUT2D eigenvalue weighted by Crippen LogP contribution is -1.99. The Morgan fingerprint density at radius 3 is 2.35 bits per heavy atom. The van der Waals surface area contributed by atoms with Gasteiger partial charge in [-0.15, -0.1) is 10.2 Å². The molecule has 180 valence electrons. The summed E-state index contributed by atoms with van der Waals surface area (Å²) in [5.41, 5.74) is 3.65. The molecule has 2 heterocycles. The number of halogens is 1. The normalized spacial score (nSPS) is 11.1. The highest BCUT2D eigenvalue weighted by atomic mass is 35.5. The lowest BCUT2D eigenvalue weighted by atomic mass is 10.0. The number of anilines is 2. The highest BCUT2D eigenvalue weighted by Gasteiger charge is 2.12. The van der Waals surface area contributed by atoms with Crippen LogP contribution in [0.1, 0.15) is 0 Å². The third-order valence-electron chi connectivity index (χ3n) is 6.06. The van der Waals surface area contributed by atoms with Crippen molar-refractivity contribution in [1.82, 2.24) is 15.2 Å². The first-order valence-electron chi connectivity index (χ1n) is 11.7. The van der Waals surface area contributed by atoms with Gasteiger partial charge in [-0.3, -0.25) is 4.98 Å². The van der Waals surface area contributed by atoms with E-state index in [1.54, 1.807) is 18.9 Å². The fourth-order valence-corrected chi connectivity index (χ4v) is 5.27. The van der Waals surface area contributed by atoms with E-state index in [4.69, 9.17) is 16.3 Å². The highest BCUT2D eigenvalue weighted by Crippen LogP contribution is 2.35. The molecule has 6 rings (SSSR count). The van der Waals surface area contributed by atoms with E-state index in [1.807, 2.05) is 60.8 Å². The minimum absolute atomic E-state index is 0.693. The smallest absolute Gasteiger partial charge is 0.161 e. The molecule has 7 heteroatoms. The molecule has 0 aliphatic heterocycles. The Kier molecular flexibility index (Phi) is 6.35. The van der Waals surface area contributed by atoms with Gasteiger partial charge < -0.3 is 10.1 Å². The van der Waals surface area contributed by atoms with Crippen LogP contribution in [0.25, 0.3) is 32.9 Å². The Hall–Kier alpha value is -4.13. The number of ether oxygens (including phenoxy) is 1. The minimum Gasteiger partial charge on any atom is -0.497 e. The van der Waals surface area contributed by atoms with Crippen molar-refractivity contribution in [1.29, 1.82) is 0 Å². The highest BCUT2D eigenvalue weighted by molar-refractivity contribution is 7.99. The van der Waals surface area contributed by atoms with E-state index in [0.29, 0.717) is 10.8 Å². The number of hydrogen-bond acceptors (Lipinski definition) is 6. The van der Waals surface area contributed by atoms with Crippen LogP contribution in [0.15, 0.2) is 113 Å². The SMILES string of the molecule is COc1ccc2c(Sc3ccc(Nc4nnc(-c5ccc(Cl)cc5)c5ccccc45)cc3)ccnc2c1. The van der Waals surface area contributed by atoms with Crippen LogP contribution in [-0.2, 0) is 0 Å². The monoisotopic (exact) mass is 520 g/mol. The molecule has 0 unspecified atom stereocenters. The quantitative estimate of drug-likeness (QED) is 0.238. The molecule has 0 atom stereocenters. The maximum atomic E-state index is 6.07. The standard InChI is InChI=1S/C30H21ClN4OS/c1-36-22-12-15-26-27(18-22)32-17-16-28(26)37-23-13-10-21(11-14-23)33-30-25-5-3-2-4-24(25)29(34-35-30)19-6-8-20(31)9-7-19/h2-18H,1H3,(H,33,35). The Bertz CT molecular complexity index is 1720. The summed E-state index contributed by atoms with van der Waals surface area (Å²) in [7, 11) is 1.66. The fourth-order valence-electron chi connectivity index (χ4n) is 4.20. The summed E-state index contributed by atoms with van der Waals surface area (Å²) in [5.74, 6) is 1.51. The number of fused-ring (bicyclic) bond motifs is 2. The first-order valence-corrected chi connectivity index (χ1v) is 12.9. The van der Waals surface area contributed by atoms with Crippen LogP contribution in [0.3, 0.4) is 0 Å². The van der Waals surface area contributed by atoms with Gasteiger partial charge in [0.25, 0.3) is 0 Å². The van der Waals surface area contributed by atoms with Gasteiger partial charge in [-0.25, -0.2) is 0 Å². The topological polar surface area (TPSA) is 59.9 Å². The van der Waals surface area contributed by atoms with Crippen molar-refractivity contribution in [2.24, 2.45) is 0 Å². The summed E-state index contributed by atoms with van der Waals surface area (Å²) in [6.07, 6.45) is 1.83. The second-order valence-electron chi connectivity index (χ2n) is 8.39. The third kappa shape index (κ3) is 4.81. The van der Waals surface area contributed by atoms with Crippen LogP contribution in [0.4, 0.5) is 11.5 Å². The minimum atomic E-state index is 0.693. The number of aromatic nitrogens is 3. The molecule has 0 aliphatic rings. The molecule has 2 aromatic heterocycles. The third-order valence-corrected chi connectivity index (χ3v) is 7.40. The van der Waals surface area contributed by atoms with Gasteiger partial charge in [0.15, 0.2) is 5.82 Å². The molecular weight excluding hydrogens is 500 g/mol. The van der Waals surface area contributed by atoms with Crippen molar-refractivity contribution in [3.8, 4) is 17.0 Å². The van der Waals surface area contributed by atoms with Gasteiger partial charge in [0.1, 0.15) is 11.4 Å². The summed E-state index contributed by atoms with van der Waals surface area (Å²) >= 11 is 7.77. The van der Waals surface area contributed by atoms with Gasteiger partial charge in [-0.2, -0.15) is 0 Å². The van der Waals surface area contributed by atoms with Gasteiger partial charge in [0.2, 0.25) is 0 Å². The molecular formula is C30H21ClN4OS. The van der Waals surface area contributed by atoms with Crippen LogP contribution < -0.4 is 10.1 Å². The molecule has 1 N–H and O–H groups in total. The first-order chi connectivity index (χ1) is 18.2. The molecule has 5 nitrogen and oxygen atoms in total. The Morgan fingerprint density at radius 2 is 1.57 bits per heavy atom. The average molecular weight is 521 g/mol. The van der Waals surface area contributed by atoms with E-state index in [2.05, 4.69) is 63.0 Å². The maximum absolute atomic E-state index is 6.07. The molecule has 0 bridgehead atoms. The maximum Gasteiger partial charge on any atom is 0.161 e. The second-order valence-corrected chi connectivity index (χ2v) is 9.95. The van der Waals surface area contributed by atoms with E-state index in [0.717, 1.165) is 54.2 Å². The van der Waals surface area contributed by atoms with Crippen molar-refractivity contribution in [2.75, 3.05) is 12.4 Å². The van der Waals surface area contributed by atoms with E-state index in [9.17, 15) is 0 Å². The van der Waals surface area contributed by atoms with Crippen LogP contribution in [0.2, 0.25) is 5.02 Å². The Balaban J connectivity index is 1.26. The van der Waals surface area contributed by atoms with Gasteiger partial charge in [-0.1, -0.05) is 59.8 Å². The van der Waals surface area contributed by atoms with Gasteiger partial charge in [0.05, 0.1) is 12.6 Å². The van der Waals surface area contributed by atoms with Crippen LogP contribution in [-0.4, -0.2) is 22.3 Å². The summed E-state index contributed by atoms with van der Waals surface area (Å²) in [4.78, 5) is 6.75. The van der Waals surface area contributed by atoms with Crippen molar-refractivity contribution < 1.29 is 4.74 Å².